The largest absolute Gasteiger partial charge is 0.444 e. The molecular formula is C17H28N2O7. The average Bonchev–Trinajstić information content (AvgIpc) is 2.85. The van der Waals surface area contributed by atoms with E-state index in [1.807, 2.05) is 0 Å². The van der Waals surface area contributed by atoms with Crippen LogP contribution in [0.2, 0.25) is 0 Å². The third-order valence-corrected chi connectivity index (χ3v) is 3.02. The van der Waals surface area contributed by atoms with Crippen molar-refractivity contribution >= 4 is 17.9 Å². The van der Waals surface area contributed by atoms with E-state index in [4.69, 9.17) is 18.9 Å². The highest BCUT2D eigenvalue weighted by Crippen LogP contribution is 2.06. The van der Waals surface area contributed by atoms with Gasteiger partial charge in [0, 0.05) is 18.7 Å². The number of amides is 3. The summed E-state index contributed by atoms with van der Waals surface area (Å²) in [6.45, 7) is 8.19. The van der Waals surface area contributed by atoms with Crippen molar-refractivity contribution in [2.24, 2.45) is 0 Å². The summed E-state index contributed by atoms with van der Waals surface area (Å²) >= 11 is 0. The summed E-state index contributed by atoms with van der Waals surface area (Å²) in [5.74, 6) is -0.624. The van der Waals surface area contributed by atoms with E-state index >= 15 is 0 Å². The molecule has 0 atom stereocenters. The van der Waals surface area contributed by atoms with E-state index < -0.39 is 11.7 Å². The van der Waals surface area contributed by atoms with E-state index in [0.29, 0.717) is 39.6 Å². The number of ether oxygens (including phenoxy) is 4. The van der Waals surface area contributed by atoms with Gasteiger partial charge in [0.05, 0.1) is 46.2 Å². The van der Waals surface area contributed by atoms with Gasteiger partial charge in [-0.2, -0.15) is 0 Å². The Kier molecular flexibility index (Phi) is 9.85. The third-order valence-electron chi connectivity index (χ3n) is 3.02. The van der Waals surface area contributed by atoms with Gasteiger partial charge in [0.15, 0.2) is 0 Å². The van der Waals surface area contributed by atoms with Crippen LogP contribution in [-0.4, -0.2) is 81.1 Å². The molecule has 1 N–H and O–H groups in total. The second-order valence-electron chi connectivity index (χ2n) is 6.43. The van der Waals surface area contributed by atoms with Crippen molar-refractivity contribution in [2.75, 3.05) is 52.7 Å². The molecule has 0 spiro atoms. The molecule has 3 amide bonds. The SMILES string of the molecule is CC(C)(C)OC(=O)NCCOCCOCCOCCN1C(=O)C=CC1=O. The maximum atomic E-state index is 11.4. The van der Waals surface area contributed by atoms with Crippen LogP contribution in [0.3, 0.4) is 0 Å². The van der Waals surface area contributed by atoms with Crippen LogP contribution in [0.15, 0.2) is 12.2 Å². The zero-order valence-corrected chi connectivity index (χ0v) is 15.6. The van der Waals surface area contributed by atoms with Crippen molar-refractivity contribution in [1.82, 2.24) is 10.2 Å². The summed E-state index contributed by atoms with van der Waals surface area (Å²) in [5.41, 5.74) is -0.517. The Morgan fingerprint density at radius 1 is 0.923 bits per heavy atom. The van der Waals surface area contributed by atoms with Gasteiger partial charge in [-0.1, -0.05) is 0 Å². The fourth-order valence-corrected chi connectivity index (χ4v) is 1.89. The van der Waals surface area contributed by atoms with Crippen molar-refractivity contribution in [3.8, 4) is 0 Å². The topological polar surface area (TPSA) is 103 Å². The van der Waals surface area contributed by atoms with Gasteiger partial charge in [-0.25, -0.2) is 4.79 Å². The van der Waals surface area contributed by atoms with Gasteiger partial charge in [-0.15, -0.1) is 0 Å². The first-order valence-electron chi connectivity index (χ1n) is 8.53. The molecule has 0 fully saturated rings. The Hall–Kier alpha value is -1.97. The van der Waals surface area contributed by atoms with Crippen LogP contribution in [0.5, 0.6) is 0 Å². The molecule has 1 aliphatic rings. The Bertz CT molecular complexity index is 482. The predicted molar refractivity (Wildman–Crippen MR) is 92.6 cm³/mol. The Labute approximate surface area is 153 Å². The molecule has 1 rings (SSSR count). The van der Waals surface area contributed by atoms with Gasteiger partial charge < -0.3 is 24.3 Å². The van der Waals surface area contributed by atoms with E-state index in [1.165, 1.54) is 12.2 Å². The van der Waals surface area contributed by atoms with Gasteiger partial charge in [0.2, 0.25) is 0 Å². The zero-order valence-electron chi connectivity index (χ0n) is 15.6. The van der Waals surface area contributed by atoms with Crippen molar-refractivity contribution < 1.29 is 33.3 Å². The van der Waals surface area contributed by atoms with E-state index in [0.717, 1.165) is 4.90 Å². The molecular weight excluding hydrogens is 344 g/mol. The van der Waals surface area contributed by atoms with Crippen molar-refractivity contribution in [2.45, 2.75) is 26.4 Å². The molecule has 0 aromatic heterocycles. The summed E-state index contributed by atoms with van der Waals surface area (Å²) < 4.78 is 21.0. The smallest absolute Gasteiger partial charge is 0.407 e. The van der Waals surface area contributed by atoms with Crippen LogP contribution in [0.25, 0.3) is 0 Å². The predicted octanol–water partition coefficient (Wildman–Crippen LogP) is 0.486. The summed E-state index contributed by atoms with van der Waals surface area (Å²) in [7, 11) is 0. The molecule has 1 heterocycles. The number of imide groups is 1. The number of hydrogen-bond donors (Lipinski definition) is 1. The molecule has 0 saturated heterocycles. The van der Waals surface area contributed by atoms with Gasteiger partial charge in [-0.3, -0.25) is 14.5 Å². The third kappa shape index (κ3) is 10.1. The van der Waals surface area contributed by atoms with Crippen LogP contribution >= 0.6 is 0 Å². The van der Waals surface area contributed by atoms with Gasteiger partial charge >= 0.3 is 6.09 Å². The Balaban J connectivity index is 1.83. The van der Waals surface area contributed by atoms with Crippen molar-refractivity contribution in [3.05, 3.63) is 12.2 Å². The molecule has 0 aromatic carbocycles. The Morgan fingerprint density at radius 3 is 1.96 bits per heavy atom. The van der Waals surface area contributed by atoms with E-state index in [-0.39, 0.29) is 25.0 Å². The minimum Gasteiger partial charge on any atom is -0.444 e. The first-order chi connectivity index (χ1) is 12.3. The fraction of sp³-hybridized carbons (Fsp3) is 0.706. The maximum Gasteiger partial charge on any atom is 0.407 e. The lowest BCUT2D eigenvalue weighted by Gasteiger charge is -2.19. The average molecular weight is 372 g/mol. The highest BCUT2D eigenvalue weighted by molar-refractivity contribution is 6.12. The summed E-state index contributed by atoms with van der Waals surface area (Å²) in [4.78, 5) is 35.1. The standard InChI is InChI=1S/C17H28N2O7/c1-17(2,3)26-16(22)18-6-8-23-10-12-25-13-11-24-9-7-19-14(20)4-5-15(19)21/h4-5H,6-13H2,1-3H3,(H,18,22). The minimum absolute atomic E-state index is 0.235. The monoisotopic (exact) mass is 372 g/mol. The summed E-state index contributed by atoms with van der Waals surface area (Å²) in [5, 5.41) is 2.59. The lowest BCUT2D eigenvalue weighted by Crippen LogP contribution is -2.34. The number of nitrogens with one attached hydrogen (secondary N) is 1. The molecule has 0 aromatic rings. The Morgan fingerprint density at radius 2 is 1.42 bits per heavy atom. The molecule has 0 unspecified atom stereocenters. The first kappa shape index (κ1) is 22.1. The number of rotatable bonds is 12. The van der Waals surface area contributed by atoms with Crippen molar-refractivity contribution in [1.29, 1.82) is 0 Å². The van der Waals surface area contributed by atoms with Crippen LogP contribution in [0, 0.1) is 0 Å². The number of carbonyl (C=O) groups excluding carboxylic acids is 3. The highest BCUT2D eigenvalue weighted by atomic mass is 16.6. The van der Waals surface area contributed by atoms with Gasteiger partial charge in [-0.05, 0) is 20.8 Å². The van der Waals surface area contributed by atoms with Crippen LogP contribution in [0.1, 0.15) is 20.8 Å². The van der Waals surface area contributed by atoms with Crippen LogP contribution < -0.4 is 5.32 Å². The number of nitrogens with zero attached hydrogens (tertiary/aromatic N) is 1. The van der Waals surface area contributed by atoms with E-state index in [2.05, 4.69) is 5.32 Å². The molecule has 0 radical (unpaired) electrons. The maximum absolute atomic E-state index is 11.4. The molecule has 9 nitrogen and oxygen atoms in total. The highest BCUT2D eigenvalue weighted by Gasteiger charge is 2.22. The minimum atomic E-state index is -0.517. The fourth-order valence-electron chi connectivity index (χ4n) is 1.89. The second-order valence-corrected chi connectivity index (χ2v) is 6.43. The summed E-state index contributed by atoms with van der Waals surface area (Å²) in [6, 6.07) is 0. The quantitative estimate of drug-likeness (QED) is 0.393. The number of carbonyl (C=O) groups is 3. The zero-order chi connectivity index (χ0) is 19.4. The van der Waals surface area contributed by atoms with Gasteiger partial charge in [0.25, 0.3) is 11.8 Å². The molecule has 9 heteroatoms. The normalized spacial score (nSPS) is 14.2. The summed E-state index contributed by atoms with van der Waals surface area (Å²) in [6.07, 6.45) is 2.02. The molecule has 148 valence electrons. The molecule has 0 saturated carbocycles. The van der Waals surface area contributed by atoms with Crippen LogP contribution in [-0.2, 0) is 28.5 Å². The molecule has 0 aliphatic carbocycles. The molecule has 0 bridgehead atoms. The number of alkyl carbamates (subject to hydrolysis) is 1. The first-order valence-corrected chi connectivity index (χ1v) is 8.53. The lowest BCUT2D eigenvalue weighted by molar-refractivity contribution is -0.137. The van der Waals surface area contributed by atoms with Gasteiger partial charge in [0.1, 0.15) is 5.60 Å². The number of hydrogen-bond acceptors (Lipinski definition) is 7. The lowest BCUT2D eigenvalue weighted by atomic mass is 10.2. The van der Waals surface area contributed by atoms with E-state index in [1.54, 1.807) is 20.8 Å². The second kappa shape index (κ2) is 11.6. The molecule has 26 heavy (non-hydrogen) atoms. The molecule has 1 aliphatic heterocycles. The van der Waals surface area contributed by atoms with Crippen molar-refractivity contribution in [3.63, 3.8) is 0 Å². The van der Waals surface area contributed by atoms with E-state index in [9.17, 15) is 14.4 Å². The van der Waals surface area contributed by atoms with Crippen LogP contribution in [0.4, 0.5) is 4.79 Å².